The van der Waals surface area contributed by atoms with E-state index in [1.807, 2.05) is 0 Å². The van der Waals surface area contributed by atoms with Crippen LogP contribution >= 0.6 is 11.8 Å². The molecule has 1 saturated carbocycles. The summed E-state index contributed by atoms with van der Waals surface area (Å²) in [5.41, 5.74) is 2.93. The Morgan fingerprint density at radius 1 is 1.05 bits per heavy atom. The van der Waals surface area contributed by atoms with Crippen molar-refractivity contribution in [3.8, 4) is 0 Å². The highest BCUT2D eigenvalue weighted by atomic mass is 32.2. The number of thioether (sulfide) groups is 1. The van der Waals surface area contributed by atoms with Gasteiger partial charge in [-0.2, -0.15) is 11.8 Å². The van der Waals surface area contributed by atoms with E-state index in [9.17, 15) is 0 Å². The zero-order chi connectivity index (χ0) is 12.9. The number of rotatable bonds is 6. The average Bonchev–Trinajstić information content (AvgIpc) is 3.26. The van der Waals surface area contributed by atoms with Gasteiger partial charge < -0.3 is 5.32 Å². The standard InChI is InChI=1S/C16H24N2S/c1-3-15(13-18-9-11-19-12-10-18)4-2-14(1)7-8-17-16-5-6-16/h1-4,16-17H,5-13H2. The minimum atomic E-state index is 0.830. The second-order valence-electron chi connectivity index (χ2n) is 5.68. The van der Waals surface area contributed by atoms with E-state index in [-0.39, 0.29) is 0 Å². The Morgan fingerprint density at radius 2 is 1.74 bits per heavy atom. The molecule has 1 aliphatic carbocycles. The molecular formula is C16H24N2S. The van der Waals surface area contributed by atoms with Gasteiger partial charge in [-0.05, 0) is 36.9 Å². The van der Waals surface area contributed by atoms with Gasteiger partial charge >= 0.3 is 0 Å². The van der Waals surface area contributed by atoms with Gasteiger partial charge in [-0.15, -0.1) is 0 Å². The van der Waals surface area contributed by atoms with Crippen LogP contribution < -0.4 is 5.32 Å². The van der Waals surface area contributed by atoms with Gasteiger partial charge in [-0.25, -0.2) is 0 Å². The second kappa shape index (κ2) is 6.78. The third-order valence-corrected chi connectivity index (χ3v) is 4.90. The van der Waals surface area contributed by atoms with Crippen molar-refractivity contribution in [3.05, 3.63) is 35.4 Å². The van der Waals surface area contributed by atoms with E-state index in [0.717, 1.165) is 25.6 Å². The van der Waals surface area contributed by atoms with Crippen LogP contribution in [-0.4, -0.2) is 42.1 Å². The van der Waals surface area contributed by atoms with Crippen LogP contribution in [0.25, 0.3) is 0 Å². The summed E-state index contributed by atoms with van der Waals surface area (Å²) in [6.45, 7) is 4.75. The number of nitrogens with one attached hydrogen (secondary N) is 1. The lowest BCUT2D eigenvalue weighted by molar-refractivity contribution is 0.294. The molecule has 104 valence electrons. The highest BCUT2D eigenvalue weighted by Gasteiger charge is 2.19. The van der Waals surface area contributed by atoms with Gasteiger partial charge in [0.25, 0.3) is 0 Å². The molecule has 3 rings (SSSR count). The predicted molar refractivity (Wildman–Crippen MR) is 83.8 cm³/mol. The Bertz CT molecular complexity index is 380. The van der Waals surface area contributed by atoms with E-state index < -0.39 is 0 Å². The summed E-state index contributed by atoms with van der Waals surface area (Å²) in [4.78, 5) is 2.57. The SMILES string of the molecule is c1cc(CN2CCSCC2)ccc1CCNC1CC1. The average molecular weight is 276 g/mol. The summed E-state index contributed by atoms with van der Waals surface area (Å²) in [6.07, 6.45) is 3.93. The first-order valence-corrected chi connectivity index (χ1v) is 8.67. The number of hydrogen-bond acceptors (Lipinski definition) is 3. The van der Waals surface area contributed by atoms with Crippen molar-refractivity contribution in [2.75, 3.05) is 31.1 Å². The number of nitrogens with zero attached hydrogens (tertiary/aromatic N) is 1. The Balaban J connectivity index is 1.44. The van der Waals surface area contributed by atoms with E-state index >= 15 is 0 Å². The summed E-state index contributed by atoms with van der Waals surface area (Å²) in [6, 6.07) is 10.1. The van der Waals surface area contributed by atoms with Gasteiger partial charge in [-0.1, -0.05) is 24.3 Å². The maximum atomic E-state index is 3.57. The third kappa shape index (κ3) is 4.51. The molecule has 3 heteroatoms. The molecule has 1 aromatic rings. The van der Waals surface area contributed by atoms with Crippen molar-refractivity contribution in [3.63, 3.8) is 0 Å². The summed E-state index contributed by atoms with van der Waals surface area (Å²) in [5.74, 6) is 2.59. The van der Waals surface area contributed by atoms with Crippen molar-refractivity contribution >= 4 is 11.8 Å². The number of hydrogen-bond donors (Lipinski definition) is 1. The lowest BCUT2D eigenvalue weighted by Crippen LogP contribution is -2.31. The molecule has 19 heavy (non-hydrogen) atoms. The van der Waals surface area contributed by atoms with Gasteiger partial charge in [0.05, 0.1) is 0 Å². The van der Waals surface area contributed by atoms with Crippen LogP contribution in [0.1, 0.15) is 24.0 Å². The Hall–Kier alpha value is -0.510. The first-order chi connectivity index (χ1) is 9.40. The minimum Gasteiger partial charge on any atom is -0.314 e. The van der Waals surface area contributed by atoms with E-state index in [2.05, 4.69) is 46.2 Å². The Labute approximate surface area is 121 Å². The predicted octanol–water partition coefficient (Wildman–Crippen LogP) is 2.53. The molecule has 2 aliphatic rings. The topological polar surface area (TPSA) is 15.3 Å². The molecule has 0 amide bonds. The lowest BCUT2D eigenvalue weighted by Gasteiger charge is -2.26. The van der Waals surface area contributed by atoms with Gasteiger partial charge in [0, 0.05) is 37.2 Å². The molecule has 1 heterocycles. The van der Waals surface area contributed by atoms with Crippen LogP contribution in [0.15, 0.2) is 24.3 Å². The monoisotopic (exact) mass is 276 g/mol. The fourth-order valence-electron chi connectivity index (χ4n) is 2.54. The fourth-order valence-corrected chi connectivity index (χ4v) is 3.52. The minimum absolute atomic E-state index is 0.830. The first-order valence-electron chi connectivity index (χ1n) is 7.51. The molecule has 0 bridgehead atoms. The summed E-state index contributed by atoms with van der Waals surface area (Å²) >= 11 is 2.08. The van der Waals surface area contributed by atoms with E-state index in [4.69, 9.17) is 0 Å². The molecule has 2 nitrogen and oxygen atoms in total. The molecule has 0 atom stereocenters. The summed E-state index contributed by atoms with van der Waals surface area (Å²) < 4.78 is 0. The highest BCUT2D eigenvalue weighted by molar-refractivity contribution is 7.99. The van der Waals surface area contributed by atoms with Crippen molar-refractivity contribution in [1.29, 1.82) is 0 Å². The molecule has 2 fully saturated rings. The van der Waals surface area contributed by atoms with Crippen molar-refractivity contribution in [2.45, 2.75) is 31.8 Å². The molecule has 1 aliphatic heterocycles. The van der Waals surface area contributed by atoms with Crippen molar-refractivity contribution in [2.24, 2.45) is 0 Å². The third-order valence-electron chi connectivity index (χ3n) is 3.96. The quantitative estimate of drug-likeness (QED) is 0.859. The van der Waals surface area contributed by atoms with E-state index in [1.165, 1.54) is 48.6 Å². The molecule has 1 aromatic carbocycles. The molecular weight excluding hydrogens is 252 g/mol. The number of benzene rings is 1. The second-order valence-corrected chi connectivity index (χ2v) is 6.91. The van der Waals surface area contributed by atoms with E-state index in [1.54, 1.807) is 0 Å². The Kier molecular flexibility index (Phi) is 4.81. The smallest absolute Gasteiger partial charge is 0.0234 e. The van der Waals surface area contributed by atoms with Crippen molar-refractivity contribution in [1.82, 2.24) is 10.2 Å². The van der Waals surface area contributed by atoms with Gasteiger partial charge in [0.15, 0.2) is 0 Å². The molecule has 0 unspecified atom stereocenters. The van der Waals surface area contributed by atoms with E-state index in [0.29, 0.717) is 0 Å². The molecule has 1 saturated heterocycles. The van der Waals surface area contributed by atoms with Crippen LogP contribution in [0.3, 0.4) is 0 Å². The van der Waals surface area contributed by atoms with Gasteiger partial charge in [-0.3, -0.25) is 4.90 Å². The highest BCUT2D eigenvalue weighted by Crippen LogP contribution is 2.18. The zero-order valence-electron chi connectivity index (χ0n) is 11.6. The maximum Gasteiger partial charge on any atom is 0.0234 e. The normalized spacial score (nSPS) is 20.6. The maximum absolute atomic E-state index is 3.57. The molecule has 1 N–H and O–H groups in total. The lowest BCUT2D eigenvalue weighted by atomic mass is 10.1. The van der Waals surface area contributed by atoms with Crippen LogP contribution in [0.4, 0.5) is 0 Å². The van der Waals surface area contributed by atoms with Crippen molar-refractivity contribution < 1.29 is 0 Å². The van der Waals surface area contributed by atoms with Gasteiger partial charge in [0.1, 0.15) is 0 Å². The first kappa shape index (κ1) is 13.5. The molecule has 0 aromatic heterocycles. The van der Waals surface area contributed by atoms with Gasteiger partial charge in [0.2, 0.25) is 0 Å². The summed E-state index contributed by atoms with van der Waals surface area (Å²) in [7, 11) is 0. The van der Waals surface area contributed by atoms with Crippen LogP contribution in [-0.2, 0) is 13.0 Å². The Morgan fingerprint density at radius 3 is 2.42 bits per heavy atom. The van der Waals surface area contributed by atoms with Crippen LogP contribution in [0.5, 0.6) is 0 Å². The molecule has 0 spiro atoms. The van der Waals surface area contributed by atoms with Crippen LogP contribution in [0.2, 0.25) is 0 Å². The fraction of sp³-hybridized carbons (Fsp3) is 0.625. The van der Waals surface area contributed by atoms with Crippen LogP contribution in [0, 0.1) is 0 Å². The largest absolute Gasteiger partial charge is 0.314 e. The summed E-state index contributed by atoms with van der Waals surface area (Å²) in [5, 5.41) is 3.57. The molecule has 0 radical (unpaired) electrons. The zero-order valence-corrected chi connectivity index (χ0v) is 12.4.